The normalized spacial score (nSPS) is 32.3. The predicted molar refractivity (Wildman–Crippen MR) is 57.6 cm³/mol. The van der Waals surface area contributed by atoms with Crippen LogP contribution in [0.1, 0.15) is 27.2 Å². The van der Waals surface area contributed by atoms with Crippen molar-refractivity contribution in [3.8, 4) is 0 Å². The number of likely N-dealkylation sites (tertiary alicyclic amines) is 1. The molecule has 3 atom stereocenters. The molecular formula is C11H24N2. The van der Waals surface area contributed by atoms with Crippen LogP contribution in [-0.4, -0.2) is 31.1 Å². The number of hydrogen-bond donors (Lipinski definition) is 1. The van der Waals surface area contributed by atoms with E-state index in [2.05, 4.69) is 25.7 Å². The molecule has 3 unspecified atom stereocenters. The van der Waals surface area contributed by atoms with Gasteiger partial charge < -0.3 is 10.6 Å². The van der Waals surface area contributed by atoms with Crippen molar-refractivity contribution < 1.29 is 0 Å². The molecule has 1 saturated heterocycles. The highest BCUT2D eigenvalue weighted by molar-refractivity contribution is 4.79. The number of nitrogens with two attached hydrogens (primary N) is 1. The van der Waals surface area contributed by atoms with E-state index in [-0.39, 0.29) is 0 Å². The first-order valence-electron chi connectivity index (χ1n) is 5.59. The molecule has 2 N–H and O–H groups in total. The Morgan fingerprint density at radius 1 is 1.31 bits per heavy atom. The Bertz CT molecular complexity index is 133. The largest absolute Gasteiger partial charge is 0.330 e. The molecule has 78 valence electrons. The molecule has 13 heavy (non-hydrogen) atoms. The minimum Gasteiger partial charge on any atom is -0.330 e. The third-order valence-electron chi connectivity index (χ3n) is 3.49. The zero-order chi connectivity index (χ0) is 9.84. The first kappa shape index (κ1) is 11.0. The number of rotatable bonds is 4. The second kappa shape index (κ2) is 4.97. The van der Waals surface area contributed by atoms with Gasteiger partial charge in [-0.25, -0.2) is 0 Å². The molecule has 0 saturated carbocycles. The lowest BCUT2D eigenvalue weighted by molar-refractivity contribution is 0.266. The lowest BCUT2D eigenvalue weighted by atomic mass is 10.0. The zero-order valence-electron chi connectivity index (χ0n) is 9.29. The van der Waals surface area contributed by atoms with E-state index in [1.807, 2.05) is 0 Å². The van der Waals surface area contributed by atoms with Crippen molar-refractivity contribution >= 4 is 0 Å². The van der Waals surface area contributed by atoms with E-state index in [0.29, 0.717) is 5.92 Å². The molecule has 1 aliphatic rings. The van der Waals surface area contributed by atoms with E-state index in [1.165, 1.54) is 26.1 Å². The van der Waals surface area contributed by atoms with Crippen LogP contribution in [0.4, 0.5) is 0 Å². The standard InChI is InChI=1S/C11H24N2/c1-4-11(5-12)8-13-6-9(2)10(3)7-13/h9-11H,4-8,12H2,1-3H3. The fraction of sp³-hybridized carbons (Fsp3) is 1.00. The SMILES string of the molecule is CCC(CN)CN1CC(C)C(C)C1. The molecular weight excluding hydrogens is 160 g/mol. The van der Waals surface area contributed by atoms with Gasteiger partial charge >= 0.3 is 0 Å². The summed E-state index contributed by atoms with van der Waals surface area (Å²) in [4.78, 5) is 2.58. The minimum absolute atomic E-state index is 0.706. The van der Waals surface area contributed by atoms with E-state index in [4.69, 9.17) is 5.73 Å². The lowest BCUT2D eigenvalue weighted by Gasteiger charge is -2.21. The molecule has 1 rings (SSSR count). The highest BCUT2D eigenvalue weighted by atomic mass is 15.2. The Balaban J connectivity index is 2.30. The van der Waals surface area contributed by atoms with Crippen LogP contribution in [0.15, 0.2) is 0 Å². The second-order valence-electron chi connectivity index (χ2n) is 4.68. The Hall–Kier alpha value is -0.0800. The molecule has 2 nitrogen and oxygen atoms in total. The fourth-order valence-electron chi connectivity index (χ4n) is 2.13. The molecule has 0 amide bonds. The molecule has 2 heteroatoms. The molecule has 0 spiro atoms. The van der Waals surface area contributed by atoms with Crippen LogP contribution in [0, 0.1) is 17.8 Å². The molecule has 0 bridgehead atoms. The van der Waals surface area contributed by atoms with Crippen LogP contribution >= 0.6 is 0 Å². The Morgan fingerprint density at radius 3 is 2.23 bits per heavy atom. The summed E-state index contributed by atoms with van der Waals surface area (Å²) in [7, 11) is 0. The van der Waals surface area contributed by atoms with Gasteiger partial charge in [0.05, 0.1) is 0 Å². The third-order valence-corrected chi connectivity index (χ3v) is 3.49. The van der Waals surface area contributed by atoms with Crippen molar-refractivity contribution in [1.29, 1.82) is 0 Å². The van der Waals surface area contributed by atoms with Gasteiger partial charge in [-0.05, 0) is 24.3 Å². The summed E-state index contributed by atoms with van der Waals surface area (Å²) in [5, 5.41) is 0. The van der Waals surface area contributed by atoms with Crippen molar-refractivity contribution in [2.45, 2.75) is 27.2 Å². The van der Waals surface area contributed by atoms with Gasteiger partial charge in [0.2, 0.25) is 0 Å². The summed E-state index contributed by atoms with van der Waals surface area (Å²) >= 11 is 0. The van der Waals surface area contributed by atoms with E-state index in [0.717, 1.165) is 18.4 Å². The Morgan fingerprint density at radius 2 is 1.85 bits per heavy atom. The van der Waals surface area contributed by atoms with Crippen molar-refractivity contribution in [2.75, 3.05) is 26.2 Å². The van der Waals surface area contributed by atoms with Crippen molar-refractivity contribution in [1.82, 2.24) is 4.90 Å². The van der Waals surface area contributed by atoms with Gasteiger partial charge in [-0.2, -0.15) is 0 Å². The van der Waals surface area contributed by atoms with Crippen LogP contribution in [0.5, 0.6) is 0 Å². The van der Waals surface area contributed by atoms with E-state index in [1.54, 1.807) is 0 Å². The maximum Gasteiger partial charge on any atom is 0.00218 e. The van der Waals surface area contributed by atoms with E-state index < -0.39 is 0 Å². The molecule has 0 aromatic rings. The monoisotopic (exact) mass is 184 g/mol. The van der Waals surface area contributed by atoms with Crippen LogP contribution < -0.4 is 5.73 Å². The van der Waals surface area contributed by atoms with E-state index >= 15 is 0 Å². The third kappa shape index (κ3) is 2.96. The van der Waals surface area contributed by atoms with Gasteiger partial charge in [-0.1, -0.05) is 27.2 Å². The lowest BCUT2D eigenvalue weighted by Crippen LogP contribution is -2.31. The summed E-state index contributed by atoms with van der Waals surface area (Å²) in [5.41, 5.74) is 5.70. The highest BCUT2D eigenvalue weighted by Gasteiger charge is 2.26. The summed E-state index contributed by atoms with van der Waals surface area (Å²) in [5.74, 6) is 2.45. The first-order chi connectivity index (χ1) is 6.17. The van der Waals surface area contributed by atoms with E-state index in [9.17, 15) is 0 Å². The molecule has 0 aromatic carbocycles. The Labute approximate surface area is 82.5 Å². The van der Waals surface area contributed by atoms with Gasteiger partial charge in [-0.3, -0.25) is 0 Å². The van der Waals surface area contributed by atoms with Gasteiger partial charge in [-0.15, -0.1) is 0 Å². The minimum atomic E-state index is 0.706. The van der Waals surface area contributed by atoms with Crippen LogP contribution in [0.2, 0.25) is 0 Å². The van der Waals surface area contributed by atoms with Gasteiger partial charge in [0.25, 0.3) is 0 Å². The maximum absolute atomic E-state index is 5.70. The topological polar surface area (TPSA) is 29.3 Å². The smallest absolute Gasteiger partial charge is 0.00218 e. The molecule has 1 aliphatic heterocycles. The second-order valence-corrected chi connectivity index (χ2v) is 4.68. The molecule has 0 radical (unpaired) electrons. The fourth-order valence-corrected chi connectivity index (χ4v) is 2.13. The average molecular weight is 184 g/mol. The predicted octanol–water partition coefficient (Wildman–Crippen LogP) is 1.56. The summed E-state index contributed by atoms with van der Waals surface area (Å²) < 4.78 is 0. The first-order valence-corrected chi connectivity index (χ1v) is 5.59. The summed E-state index contributed by atoms with van der Waals surface area (Å²) in [6.45, 7) is 11.6. The average Bonchev–Trinajstić information content (AvgIpc) is 2.42. The summed E-state index contributed by atoms with van der Waals surface area (Å²) in [6.07, 6.45) is 1.22. The van der Waals surface area contributed by atoms with Crippen LogP contribution in [0.3, 0.4) is 0 Å². The highest BCUT2D eigenvalue weighted by Crippen LogP contribution is 2.22. The number of hydrogen-bond acceptors (Lipinski definition) is 2. The van der Waals surface area contributed by atoms with Crippen molar-refractivity contribution in [3.05, 3.63) is 0 Å². The number of nitrogens with zero attached hydrogens (tertiary/aromatic N) is 1. The van der Waals surface area contributed by atoms with Gasteiger partial charge in [0.1, 0.15) is 0 Å². The van der Waals surface area contributed by atoms with Crippen LogP contribution in [0.25, 0.3) is 0 Å². The van der Waals surface area contributed by atoms with Gasteiger partial charge in [0.15, 0.2) is 0 Å². The van der Waals surface area contributed by atoms with Gasteiger partial charge in [0, 0.05) is 19.6 Å². The van der Waals surface area contributed by atoms with Crippen molar-refractivity contribution in [3.63, 3.8) is 0 Å². The van der Waals surface area contributed by atoms with Crippen LogP contribution in [-0.2, 0) is 0 Å². The molecule has 0 aromatic heterocycles. The quantitative estimate of drug-likeness (QED) is 0.718. The molecule has 1 heterocycles. The maximum atomic E-state index is 5.70. The van der Waals surface area contributed by atoms with Crippen molar-refractivity contribution in [2.24, 2.45) is 23.5 Å². The zero-order valence-corrected chi connectivity index (χ0v) is 9.29. The molecule has 1 fully saturated rings. The molecule has 0 aliphatic carbocycles. The summed E-state index contributed by atoms with van der Waals surface area (Å²) in [6, 6.07) is 0. The Kier molecular flexibility index (Phi) is 4.20.